The maximum absolute atomic E-state index is 12.0. The van der Waals surface area contributed by atoms with E-state index in [9.17, 15) is 9.59 Å². The van der Waals surface area contributed by atoms with E-state index in [1.165, 1.54) is 0 Å². The number of rotatable bonds is 12. The molecule has 0 aromatic heterocycles. The first-order chi connectivity index (χ1) is 15.9. The molecule has 0 atom stereocenters. The minimum Gasteiger partial charge on any atom is -0.457 e. The molecule has 0 aliphatic rings. The molecular weight excluding hydrogens is 416 g/mol. The summed E-state index contributed by atoms with van der Waals surface area (Å²) < 4.78 is 17.6. The largest absolute Gasteiger partial charge is 0.457 e. The van der Waals surface area contributed by atoms with Gasteiger partial charge in [0.25, 0.3) is 0 Å². The SMILES string of the molecule is C=CC(=O)Oc1c(C)ccc(Oc2ccc(C)c(OC(=O)C=C)c2CCCC)c1CCCC. The highest BCUT2D eigenvalue weighted by molar-refractivity contribution is 5.84. The van der Waals surface area contributed by atoms with Crippen LogP contribution in [0.2, 0.25) is 0 Å². The van der Waals surface area contributed by atoms with Crippen LogP contribution < -0.4 is 14.2 Å². The molecule has 0 saturated carbocycles. The second-order valence-electron chi connectivity index (χ2n) is 7.94. The molecule has 176 valence electrons. The number of aryl methyl sites for hydroxylation is 2. The van der Waals surface area contributed by atoms with E-state index in [0.29, 0.717) is 35.8 Å². The molecule has 0 bridgehead atoms. The highest BCUT2D eigenvalue weighted by Gasteiger charge is 2.20. The summed E-state index contributed by atoms with van der Waals surface area (Å²) in [7, 11) is 0. The van der Waals surface area contributed by atoms with Crippen LogP contribution in [0.4, 0.5) is 0 Å². The molecule has 0 fully saturated rings. The van der Waals surface area contributed by atoms with Crippen molar-refractivity contribution in [2.45, 2.75) is 66.2 Å². The first kappa shape index (κ1) is 25.9. The Morgan fingerprint density at radius 1 is 0.758 bits per heavy atom. The minimum absolute atomic E-state index is 0.506. The van der Waals surface area contributed by atoms with Gasteiger partial charge in [0.2, 0.25) is 0 Å². The lowest BCUT2D eigenvalue weighted by atomic mass is 10.0. The Hall–Kier alpha value is -3.34. The molecule has 0 amide bonds. The van der Waals surface area contributed by atoms with Crippen LogP contribution in [0.15, 0.2) is 49.6 Å². The van der Waals surface area contributed by atoms with Gasteiger partial charge in [0, 0.05) is 23.3 Å². The molecule has 0 aliphatic heterocycles. The number of carbonyl (C=O) groups excluding carboxylic acids is 2. The summed E-state index contributed by atoms with van der Waals surface area (Å²) in [6, 6.07) is 7.53. The quantitative estimate of drug-likeness (QED) is 0.199. The molecule has 0 spiro atoms. The van der Waals surface area contributed by atoms with E-state index in [2.05, 4.69) is 27.0 Å². The molecular formula is C28H34O5. The molecule has 0 heterocycles. The third-order valence-electron chi connectivity index (χ3n) is 5.35. The van der Waals surface area contributed by atoms with Gasteiger partial charge in [-0.15, -0.1) is 0 Å². The number of carbonyl (C=O) groups is 2. The van der Waals surface area contributed by atoms with Gasteiger partial charge in [-0.25, -0.2) is 9.59 Å². The van der Waals surface area contributed by atoms with Gasteiger partial charge < -0.3 is 14.2 Å². The normalized spacial score (nSPS) is 10.4. The van der Waals surface area contributed by atoms with Crippen molar-refractivity contribution in [1.29, 1.82) is 0 Å². The summed E-state index contributed by atoms with van der Waals surface area (Å²) >= 11 is 0. The van der Waals surface area contributed by atoms with Crippen molar-refractivity contribution in [3.05, 3.63) is 71.8 Å². The summed E-state index contributed by atoms with van der Waals surface area (Å²) in [5.41, 5.74) is 3.36. The summed E-state index contributed by atoms with van der Waals surface area (Å²) in [6.07, 6.45) is 7.49. The molecule has 2 aromatic rings. The van der Waals surface area contributed by atoms with Gasteiger partial charge in [-0.05, 0) is 62.8 Å². The van der Waals surface area contributed by atoms with Crippen LogP contribution in [0.1, 0.15) is 61.8 Å². The Kier molecular flexibility index (Phi) is 9.92. The van der Waals surface area contributed by atoms with Crippen LogP contribution in [-0.4, -0.2) is 11.9 Å². The van der Waals surface area contributed by atoms with E-state index in [4.69, 9.17) is 14.2 Å². The van der Waals surface area contributed by atoms with Crippen LogP contribution >= 0.6 is 0 Å². The molecule has 0 saturated heterocycles. The highest BCUT2D eigenvalue weighted by Crippen LogP contribution is 2.40. The zero-order valence-corrected chi connectivity index (χ0v) is 20.2. The van der Waals surface area contributed by atoms with E-state index in [1.807, 2.05) is 38.1 Å². The lowest BCUT2D eigenvalue weighted by Gasteiger charge is -2.20. The van der Waals surface area contributed by atoms with E-state index >= 15 is 0 Å². The number of ether oxygens (including phenoxy) is 3. The molecule has 2 rings (SSSR count). The fraction of sp³-hybridized carbons (Fsp3) is 0.357. The second kappa shape index (κ2) is 12.6. The molecule has 5 heteroatoms. The molecule has 0 radical (unpaired) electrons. The highest BCUT2D eigenvalue weighted by atomic mass is 16.5. The van der Waals surface area contributed by atoms with E-state index in [-0.39, 0.29) is 0 Å². The predicted molar refractivity (Wildman–Crippen MR) is 131 cm³/mol. The Morgan fingerprint density at radius 2 is 1.15 bits per heavy atom. The van der Waals surface area contributed by atoms with Gasteiger partial charge in [0.15, 0.2) is 0 Å². The lowest BCUT2D eigenvalue weighted by molar-refractivity contribution is -0.129. The molecule has 2 aromatic carbocycles. The van der Waals surface area contributed by atoms with Crippen LogP contribution in [0.5, 0.6) is 23.0 Å². The van der Waals surface area contributed by atoms with Crippen molar-refractivity contribution in [2.75, 3.05) is 0 Å². The first-order valence-corrected chi connectivity index (χ1v) is 11.5. The van der Waals surface area contributed by atoms with Crippen molar-refractivity contribution in [1.82, 2.24) is 0 Å². The topological polar surface area (TPSA) is 61.8 Å². The van der Waals surface area contributed by atoms with E-state index in [0.717, 1.165) is 60.1 Å². The van der Waals surface area contributed by atoms with Crippen LogP contribution in [0.3, 0.4) is 0 Å². The van der Waals surface area contributed by atoms with Crippen LogP contribution in [0.25, 0.3) is 0 Å². The van der Waals surface area contributed by atoms with E-state index < -0.39 is 11.9 Å². The minimum atomic E-state index is -0.509. The van der Waals surface area contributed by atoms with Crippen LogP contribution in [0, 0.1) is 13.8 Å². The number of hydrogen-bond acceptors (Lipinski definition) is 5. The summed E-state index contributed by atoms with van der Waals surface area (Å²) in [6.45, 7) is 15.0. The first-order valence-electron chi connectivity index (χ1n) is 11.5. The average molecular weight is 451 g/mol. The van der Waals surface area contributed by atoms with Crippen molar-refractivity contribution < 1.29 is 23.8 Å². The Bertz CT molecular complexity index is 938. The summed E-state index contributed by atoms with van der Waals surface area (Å²) in [4.78, 5) is 24.0. The zero-order valence-electron chi connectivity index (χ0n) is 20.2. The van der Waals surface area contributed by atoms with Gasteiger partial charge in [-0.2, -0.15) is 0 Å². The average Bonchev–Trinajstić information content (AvgIpc) is 2.81. The number of hydrogen-bond donors (Lipinski definition) is 0. The maximum Gasteiger partial charge on any atom is 0.335 e. The number of unbranched alkanes of at least 4 members (excludes halogenated alkanes) is 2. The van der Waals surface area contributed by atoms with Gasteiger partial charge in [0.1, 0.15) is 23.0 Å². The predicted octanol–water partition coefficient (Wildman–Crippen LogP) is 6.96. The van der Waals surface area contributed by atoms with Gasteiger partial charge in [-0.1, -0.05) is 52.0 Å². The Balaban J connectivity index is 2.60. The second-order valence-corrected chi connectivity index (χ2v) is 7.94. The zero-order chi connectivity index (χ0) is 24.4. The Labute approximate surface area is 197 Å². The van der Waals surface area contributed by atoms with Gasteiger partial charge in [0.05, 0.1) is 0 Å². The van der Waals surface area contributed by atoms with Crippen molar-refractivity contribution in [3.8, 4) is 23.0 Å². The molecule has 0 unspecified atom stereocenters. The molecule has 5 nitrogen and oxygen atoms in total. The van der Waals surface area contributed by atoms with Crippen molar-refractivity contribution in [2.24, 2.45) is 0 Å². The van der Waals surface area contributed by atoms with E-state index in [1.54, 1.807) is 0 Å². The third kappa shape index (κ3) is 6.82. The molecule has 0 aliphatic carbocycles. The monoisotopic (exact) mass is 450 g/mol. The fourth-order valence-corrected chi connectivity index (χ4v) is 3.51. The maximum atomic E-state index is 12.0. The molecule has 33 heavy (non-hydrogen) atoms. The number of esters is 2. The molecule has 0 N–H and O–H groups in total. The van der Waals surface area contributed by atoms with Crippen molar-refractivity contribution >= 4 is 11.9 Å². The Morgan fingerprint density at radius 3 is 1.48 bits per heavy atom. The summed E-state index contributed by atoms with van der Waals surface area (Å²) in [5.74, 6) is 1.22. The fourth-order valence-electron chi connectivity index (χ4n) is 3.51. The summed E-state index contributed by atoms with van der Waals surface area (Å²) in [5, 5.41) is 0. The lowest BCUT2D eigenvalue weighted by Crippen LogP contribution is -2.09. The van der Waals surface area contributed by atoms with Gasteiger partial charge >= 0.3 is 11.9 Å². The third-order valence-corrected chi connectivity index (χ3v) is 5.35. The van der Waals surface area contributed by atoms with Crippen molar-refractivity contribution in [3.63, 3.8) is 0 Å². The standard InChI is InChI=1S/C28H34O5/c1-7-11-13-21-23(17-15-19(5)27(21)32-25(29)9-3)31-24-18-16-20(6)28(33-26(30)10-4)22(24)14-12-8-2/h9-10,15-18H,3-4,7-8,11-14H2,1-2,5-6H3. The van der Waals surface area contributed by atoms with Gasteiger partial charge in [-0.3, -0.25) is 0 Å². The van der Waals surface area contributed by atoms with Crippen LogP contribution in [-0.2, 0) is 22.4 Å². The smallest absolute Gasteiger partial charge is 0.335 e. The number of benzene rings is 2.